The molecule has 0 heterocycles. The molecule has 0 radical (unpaired) electrons. The van der Waals surface area contributed by atoms with Gasteiger partial charge in [-0.3, -0.25) is 0 Å². The van der Waals surface area contributed by atoms with Crippen LogP contribution in [0.2, 0.25) is 0 Å². The van der Waals surface area contributed by atoms with E-state index in [1.54, 1.807) is 0 Å². The minimum atomic E-state index is -2.42. The Kier molecular flexibility index (Phi) is 8.82. The first-order valence-electron chi connectivity index (χ1n) is 8.08. The van der Waals surface area contributed by atoms with Crippen LogP contribution in [0.15, 0.2) is 35.8 Å². The molecular formula is C17H29F2N3. The van der Waals surface area contributed by atoms with Gasteiger partial charge in [-0.25, -0.2) is 8.78 Å². The molecule has 22 heavy (non-hydrogen) atoms. The van der Waals surface area contributed by atoms with Crippen LogP contribution in [0.25, 0.3) is 0 Å². The number of allylic oxidation sites excluding steroid dienone is 4. The molecule has 1 fully saturated rings. The van der Waals surface area contributed by atoms with E-state index < -0.39 is 6.43 Å². The summed E-state index contributed by atoms with van der Waals surface area (Å²) >= 11 is 0. The van der Waals surface area contributed by atoms with E-state index >= 15 is 0 Å². The van der Waals surface area contributed by atoms with E-state index in [1.165, 1.54) is 13.1 Å². The summed E-state index contributed by atoms with van der Waals surface area (Å²) in [5, 5.41) is 9.72. The first-order chi connectivity index (χ1) is 10.6. The van der Waals surface area contributed by atoms with E-state index in [9.17, 15) is 8.78 Å². The highest BCUT2D eigenvalue weighted by Gasteiger charge is 2.20. The van der Waals surface area contributed by atoms with Crippen molar-refractivity contribution in [1.82, 2.24) is 16.0 Å². The van der Waals surface area contributed by atoms with Gasteiger partial charge in [0.25, 0.3) is 6.43 Å². The van der Waals surface area contributed by atoms with Gasteiger partial charge in [0.1, 0.15) is 5.82 Å². The van der Waals surface area contributed by atoms with E-state index in [0.29, 0.717) is 12.1 Å². The standard InChI is InChI=1S/C17H29F2N3/c1-4-5-6-7-16(21-12-13(2)17(18)19)22-15-10-8-14(20-3)9-11-15/h5-7,12,14-15,17,20-22H,4,8-11H2,1-3H3/b6-5-,13-12+,16-7+. The fraction of sp³-hybridized carbons (Fsp3) is 0.647. The van der Waals surface area contributed by atoms with Crippen LogP contribution in [0.1, 0.15) is 46.0 Å². The summed E-state index contributed by atoms with van der Waals surface area (Å²) in [6.07, 6.45) is 10.2. The molecule has 1 aliphatic carbocycles. The van der Waals surface area contributed by atoms with Gasteiger partial charge < -0.3 is 16.0 Å². The van der Waals surface area contributed by atoms with Gasteiger partial charge in [-0.15, -0.1) is 0 Å². The van der Waals surface area contributed by atoms with E-state index in [2.05, 4.69) is 22.9 Å². The lowest BCUT2D eigenvalue weighted by atomic mass is 9.91. The summed E-state index contributed by atoms with van der Waals surface area (Å²) in [7, 11) is 2.00. The molecule has 1 aliphatic rings. The molecule has 0 aliphatic heterocycles. The maximum Gasteiger partial charge on any atom is 0.261 e. The summed E-state index contributed by atoms with van der Waals surface area (Å²) in [6.45, 7) is 3.49. The number of nitrogens with one attached hydrogen (secondary N) is 3. The van der Waals surface area contributed by atoms with E-state index in [4.69, 9.17) is 0 Å². The van der Waals surface area contributed by atoms with Crippen LogP contribution in [0.5, 0.6) is 0 Å². The fourth-order valence-corrected chi connectivity index (χ4v) is 2.44. The van der Waals surface area contributed by atoms with Crippen molar-refractivity contribution in [3.63, 3.8) is 0 Å². The van der Waals surface area contributed by atoms with Crippen LogP contribution in [-0.2, 0) is 0 Å². The quantitative estimate of drug-likeness (QED) is 0.598. The number of hydrogen-bond donors (Lipinski definition) is 3. The third kappa shape index (κ3) is 7.07. The molecule has 0 aromatic carbocycles. The molecule has 0 atom stereocenters. The fourth-order valence-electron chi connectivity index (χ4n) is 2.44. The van der Waals surface area contributed by atoms with Gasteiger partial charge in [0, 0.05) is 23.9 Å². The SMILES string of the molecule is CC/C=C\C=C(/N/C=C(\C)C(F)F)NC1CCC(NC)CC1. The highest BCUT2D eigenvalue weighted by atomic mass is 19.3. The summed E-state index contributed by atoms with van der Waals surface area (Å²) in [4.78, 5) is 0. The molecule has 126 valence electrons. The molecule has 0 unspecified atom stereocenters. The monoisotopic (exact) mass is 313 g/mol. The smallest absolute Gasteiger partial charge is 0.261 e. The van der Waals surface area contributed by atoms with E-state index in [1.807, 2.05) is 25.3 Å². The highest BCUT2D eigenvalue weighted by molar-refractivity contribution is 5.14. The average Bonchev–Trinajstić information content (AvgIpc) is 2.52. The molecule has 1 rings (SSSR count). The van der Waals surface area contributed by atoms with Crippen molar-refractivity contribution in [1.29, 1.82) is 0 Å². The summed E-state index contributed by atoms with van der Waals surface area (Å²) < 4.78 is 25.1. The number of halogens is 2. The van der Waals surface area contributed by atoms with Crippen LogP contribution in [0.3, 0.4) is 0 Å². The zero-order valence-corrected chi connectivity index (χ0v) is 13.8. The molecule has 0 aromatic heterocycles. The maximum absolute atomic E-state index is 12.6. The second kappa shape index (κ2) is 10.4. The lowest BCUT2D eigenvalue weighted by molar-refractivity contribution is 0.189. The summed E-state index contributed by atoms with van der Waals surface area (Å²) in [5.41, 5.74) is 0.0334. The number of rotatable bonds is 8. The Labute approximate surface area is 132 Å². The molecule has 1 saturated carbocycles. The van der Waals surface area contributed by atoms with Crippen molar-refractivity contribution in [2.24, 2.45) is 0 Å². The Morgan fingerprint density at radius 1 is 1.18 bits per heavy atom. The minimum absolute atomic E-state index is 0.0334. The van der Waals surface area contributed by atoms with Crippen molar-refractivity contribution >= 4 is 0 Å². The molecule has 0 aromatic rings. The molecule has 5 heteroatoms. The van der Waals surface area contributed by atoms with Gasteiger partial charge in [0.15, 0.2) is 0 Å². The molecule has 3 N–H and O–H groups in total. The van der Waals surface area contributed by atoms with Gasteiger partial charge in [0.2, 0.25) is 0 Å². The first kappa shape index (κ1) is 18.7. The Morgan fingerprint density at radius 2 is 1.82 bits per heavy atom. The second-order valence-corrected chi connectivity index (χ2v) is 5.73. The molecule has 0 saturated heterocycles. The zero-order chi connectivity index (χ0) is 16.4. The summed E-state index contributed by atoms with van der Waals surface area (Å²) in [5.74, 6) is 0.776. The molecular weight excluding hydrogens is 284 g/mol. The molecule has 0 spiro atoms. The van der Waals surface area contributed by atoms with E-state index in [-0.39, 0.29) is 5.57 Å². The predicted octanol–water partition coefficient (Wildman–Crippen LogP) is 3.67. The van der Waals surface area contributed by atoms with Crippen molar-refractivity contribution in [2.45, 2.75) is 64.5 Å². The topological polar surface area (TPSA) is 36.1 Å². The van der Waals surface area contributed by atoms with E-state index in [0.717, 1.165) is 37.9 Å². The normalized spacial score (nSPS) is 24.1. The van der Waals surface area contributed by atoms with Gasteiger partial charge in [0.05, 0.1) is 0 Å². The molecule has 3 nitrogen and oxygen atoms in total. The molecule has 0 amide bonds. The van der Waals surface area contributed by atoms with Crippen LogP contribution in [0.4, 0.5) is 8.78 Å². The highest BCUT2D eigenvalue weighted by Crippen LogP contribution is 2.19. The number of alkyl halides is 2. The summed E-state index contributed by atoms with van der Waals surface area (Å²) in [6, 6.07) is 0.984. The van der Waals surface area contributed by atoms with Crippen LogP contribution < -0.4 is 16.0 Å². The Balaban J connectivity index is 2.61. The minimum Gasteiger partial charge on any atom is -0.369 e. The van der Waals surface area contributed by atoms with Crippen molar-refractivity contribution in [3.8, 4) is 0 Å². The lowest BCUT2D eigenvalue weighted by Gasteiger charge is -2.30. The maximum atomic E-state index is 12.6. The van der Waals surface area contributed by atoms with Crippen LogP contribution >= 0.6 is 0 Å². The van der Waals surface area contributed by atoms with Crippen molar-refractivity contribution in [2.75, 3.05) is 7.05 Å². The largest absolute Gasteiger partial charge is 0.369 e. The second-order valence-electron chi connectivity index (χ2n) is 5.73. The van der Waals surface area contributed by atoms with Gasteiger partial charge in [-0.2, -0.15) is 0 Å². The van der Waals surface area contributed by atoms with Crippen LogP contribution in [-0.4, -0.2) is 25.6 Å². The molecule has 0 bridgehead atoms. The zero-order valence-electron chi connectivity index (χ0n) is 13.8. The van der Waals surface area contributed by atoms with Crippen molar-refractivity contribution < 1.29 is 8.78 Å². The number of hydrogen-bond acceptors (Lipinski definition) is 3. The Morgan fingerprint density at radius 3 is 2.36 bits per heavy atom. The van der Waals surface area contributed by atoms with Gasteiger partial charge >= 0.3 is 0 Å². The van der Waals surface area contributed by atoms with Gasteiger partial charge in [-0.05, 0) is 52.2 Å². The Hall–Kier alpha value is -1.36. The lowest BCUT2D eigenvalue weighted by Crippen LogP contribution is -2.40. The average molecular weight is 313 g/mol. The third-order valence-corrected chi connectivity index (χ3v) is 3.93. The predicted molar refractivity (Wildman–Crippen MR) is 88.7 cm³/mol. The van der Waals surface area contributed by atoms with Crippen LogP contribution in [0, 0.1) is 0 Å². The third-order valence-electron chi connectivity index (χ3n) is 3.93. The Bertz CT molecular complexity index is 395. The first-order valence-corrected chi connectivity index (χ1v) is 8.08. The van der Waals surface area contributed by atoms with Gasteiger partial charge in [-0.1, -0.05) is 19.1 Å². The van der Waals surface area contributed by atoms with Crippen molar-refractivity contribution in [3.05, 3.63) is 35.8 Å².